The molecule has 0 aliphatic carbocycles. The summed E-state index contributed by atoms with van der Waals surface area (Å²) in [5.41, 5.74) is 2.41. The van der Waals surface area contributed by atoms with Crippen LogP contribution in [0.3, 0.4) is 0 Å². The molecule has 3 aromatic rings. The maximum absolute atomic E-state index is 11.7. The lowest BCUT2D eigenvalue weighted by atomic mass is 10.1. The van der Waals surface area contributed by atoms with Gasteiger partial charge in [0.2, 0.25) is 0 Å². The fourth-order valence-corrected chi connectivity index (χ4v) is 4.75. The van der Waals surface area contributed by atoms with E-state index in [-0.39, 0.29) is 5.25 Å². The third kappa shape index (κ3) is 3.75. The van der Waals surface area contributed by atoms with E-state index in [0.29, 0.717) is 31.1 Å². The zero-order valence-corrected chi connectivity index (χ0v) is 16.4. The maximum atomic E-state index is 11.7. The van der Waals surface area contributed by atoms with Crippen LogP contribution in [0.5, 0.6) is 0 Å². The molecular weight excluding hydrogens is 384 g/mol. The first-order chi connectivity index (χ1) is 12.9. The molecule has 0 saturated carbocycles. The van der Waals surface area contributed by atoms with Crippen LogP contribution < -0.4 is 4.90 Å². The number of hydrogen-bond acceptors (Lipinski definition) is 6. The fourth-order valence-electron chi connectivity index (χ4n) is 3.49. The minimum absolute atomic E-state index is 0.248. The second-order valence-corrected chi connectivity index (χ2v) is 9.50. The molecule has 0 unspecified atom stereocenters. The van der Waals surface area contributed by atoms with Crippen molar-refractivity contribution in [3.63, 3.8) is 0 Å². The first-order valence-electron chi connectivity index (χ1n) is 8.73. The van der Waals surface area contributed by atoms with Crippen molar-refractivity contribution in [2.24, 2.45) is 0 Å². The molecule has 27 heavy (non-hydrogen) atoms. The Bertz CT molecular complexity index is 1080. The average Bonchev–Trinajstić information content (AvgIpc) is 2.67. The van der Waals surface area contributed by atoms with Crippen LogP contribution in [-0.4, -0.2) is 48.0 Å². The van der Waals surface area contributed by atoms with Gasteiger partial charge in [-0.15, -0.1) is 0 Å². The molecule has 1 aliphatic heterocycles. The molecule has 0 bridgehead atoms. The highest BCUT2D eigenvalue weighted by Gasteiger charge is 2.27. The van der Waals surface area contributed by atoms with E-state index in [1.54, 1.807) is 18.5 Å². The highest BCUT2D eigenvalue weighted by atomic mass is 35.5. The van der Waals surface area contributed by atoms with E-state index in [1.807, 2.05) is 24.3 Å². The van der Waals surface area contributed by atoms with Crippen molar-refractivity contribution in [3.8, 4) is 11.3 Å². The van der Waals surface area contributed by atoms with Crippen LogP contribution in [0.1, 0.15) is 12.8 Å². The van der Waals surface area contributed by atoms with E-state index in [0.717, 1.165) is 28.0 Å². The smallest absolute Gasteiger partial charge is 0.150 e. The molecule has 0 aromatic carbocycles. The Morgan fingerprint density at radius 3 is 2.59 bits per heavy atom. The number of hydrogen-bond donors (Lipinski definition) is 0. The van der Waals surface area contributed by atoms with Gasteiger partial charge in [0.05, 0.1) is 16.5 Å². The summed E-state index contributed by atoms with van der Waals surface area (Å²) in [5.74, 6) is 0.843. The number of nitrogens with zero attached hydrogens (tertiary/aromatic N) is 4. The zero-order chi connectivity index (χ0) is 19.0. The lowest BCUT2D eigenvalue weighted by Crippen LogP contribution is -2.39. The van der Waals surface area contributed by atoms with E-state index in [1.165, 1.54) is 6.26 Å². The second kappa shape index (κ2) is 7.05. The Kier molecular flexibility index (Phi) is 4.74. The molecule has 0 atom stereocenters. The molecule has 0 radical (unpaired) electrons. The summed E-state index contributed by atoms with van der Waals surface area (Å²) in [4.78, 5) is 15.5. The number of rotatable bonds is 3. The van der Waals surface area contributed by atoms with Gasteiger partial charge in [-0.3, -0.25) is 4.98 Å². The lowest BCUT2D eigenvalue weighted by molar-refractivity contribution is 0.532. The van der Waals surface area contributed by atoms with Gasteiger partial charge in [-0.2, -0.15) is 0 Å². The molecule has 0 N–H and O–H groups in total. The maximum Gasteiger partial charge on any atom is 0.150 e. The summed E-state index contributed by atoms with van der Waals surface area (Å²) >= 11 is 6.15. The van der Waals surface area contributed by atoms with E-state index in [4.69, 9.17) is 11.6 Å². The van der Waals surface area contributed by atoms with Gasteiger partial charge in [-0.1, -0.05) is 11.6 Å². The quantitative estimate of drug-likeness (QED) is 0.625. The largest absolute Gasteiger partial charge is 0.357 e. The van der Waals surface area contributed by atoms with Crippen molar-refractivity contribution in [1.82, 2.24) is 15.0 Å². The van der Waals surface area contributed by atoms with Crippen molar-refractivity contribution >= 4 is 38.2 Å². The molecule has 4 heterocycles. The Hall–Kier alpha value is -2.25. The first kappa shape index (κ1) is 18.1. The normalized spacial score (nSPS) is 16.0. The predicted molar refractivity (Wildman–Crippen MR) is 108 cm³/mol. The highest BCUT2D eigenvalue weighted by Crippen LogP contribution is 2.29. The Balaban J connectivity index is 1.59. The van der Waals surface area contributed by atoms with Gasteiger partial charge >= 0.3 is 0 Å². The van der Waals surface area contributed by atoms with Gasteiger partial charge in [0.1, 0.15) is 20.8 Å². The number of anilines is 1. The van der Waals surface area contributed by atoms with Gasteiger partial charge in [-0.25, -0.2) is 18.4 Å². The molecule has 4 rings (SSSR count). The minimum Gasteiger partial charge on any atom is -0.357 e. The molecule has 0 spiro atoms. The summed E-state index contributed by atoms with van der Waals surface area (Å²) < 4.78 is 23.4. The van der Waals surface area contributed by atoms with Crippen LogP contribution in [0.15, 0.2) is 42.7 Å². The van der Waals surface area contributed by atoms with Crippen LogP contribution in [0.25, 0.3) is 22.2 Å². The fraction of sp³-hybridized carbons (Fsp3) is 0.316. The number of aromatic nitrogens is 3. The zero-order valence-electron chi connectivity index (χ0n) is 14.8. The summed E-state index contributed by atoms with van der Waals surface area (Å²) in [5, 5.41) is 1.07. The SMILES string of the molecule is CS(=O)(=O)C1CCN(c2ccc(-c3nc(Cl)cc4ncccc34)cn2)CC1. The number of fused-ring (bicyclic) bond motifs is 1. The summed E-state index contributed by atoms with van der Waals surface area (Å²) in [6, 6.07) is 9.49. The molecule has 1 fully saturated rings. The summed E-state index contributed by atoms with van der Waals surface area (Å²) in [6.45, 7) is 1.37. The highest BCUT2D eigenvalue weighted by molar-refractivity contribution is 7.91. The molecule has 6 nitrogen and oxygen atoms in total. The van der Waals surface area contributed by atoms with Crippen LogP contribution in [-0.2, 0) is 9.84 Å². The molecule has 140 valence electrons. The van der Waals surface area contributed by atoms with Crippen molar-refractivity contribution in [3.05, 3.63) is 47.9 Å². The van der Waals surface area contributed by atoms with Gasteiger partial charge in [0, 0.05) is 48.8 Å². The van der Waals surface area contributed by atoms with Gasteiger partial charge in [0.25, 0.3) is 0 Å². The predicted octanol–water partition coefficient (Wildman–Crippen LogP) is 3.36. The van der Waals surface area contributed by atoms with E-state index >= 15 is 0 Å². The molecule has 8 heteroatoms. The van der Waals surface area contributed by atoms with Gasteiger partial charge in [0.15, 0.2) is 0 Å². The molecule has 1 saturated heterocycles. The Labute approximate surface area is 163 Å². The van der Waals surface area contributed by atoms with Crippen LogP contribution >= 0.6 is 11.6 Å². The van der Waals surface area contributed by atoms with E-state index < -0.39 is 9.84 Å². The molecule has 1 aliphatic rings. The van der Waals surface area contributed by atoms with Crippen LogP contribution in [0.2, 0.25) is 5.15 Å². The Morgan fingerprint density at radius 2 is 1.93 bits per heavy atom. The summed E-state index contributed by atoms with van der Waals surface area (Å²) in [6.07, 6.45) is 6.09. The number of piperidine rings is 1. The lowest BCUT2D eigenvalue weighted by Gasteiger charge is -2.31. The summed E-state index contributed by atoms with van der Waals surface area (Å²) in [7, 11) is -2.97. The Morgan fingerprint density at radius 1 is 1.15 bits per heavy atom. The number of sulfone groups is 1. The number of pyridine rings is 3. The number of halogens is 1. The monoisotopic (exact) mass is 402 g/mol. The van der Waals surface area contributed by atoms with E-state index in [2.05, 4.69) is 19.9 Å². The third-order valence-corrected chi connectivity index (χ3v) is 6.84. The second-order valence-electron chi connectivity index (χ2n) is 6.78. The van der Waals surface area contributed by atoms with Crippen molar-refractivity contribution in [1.29, 1.82) is 0 Å². The van der Waals surface area contributed by atoms with Crippen LogP contribution in [0.4, 0.5) is 5.82 Å². The van der Waals surface area contributed by atoms with E-state index in [9.17, 15) is 8.42 Å². The van der Waals surface area contributed by atoms with Gasteiger partial charge < -0.3 is 4.90 Å². The molecule has 3 aromatic heterocycles. The minimum atomic E-state index is -2.97. The van der Waals surface area contributed by atoms with Gasteiger partial charge in [-0.05, 0) is 37.1 Å². The third-order valence-electron chi connectivity index (χ3n) is 4.96. The molecule has 0 amide bonds. The van der Waals surface area contributed by atoms with Crippen LogP contribution in [0, 0.1) is 0 Å². The van der Waals surface area contributed by atoms with Crippen molar-refractivity contribution in [2.75, 3.05) is 24.2 Å². The van der Waals surface area contributed by atoms with Crippen molar-refractivity contribution in [2.45, 2.75) is 18.1 Å². The average molecular weight is 403 g/mol. The standard InChI is InChI=1S/C19H19ClN4O2S/c1-27(25,26)14-6-9-24(10-7-14)18-5-4-13(12-22-18)19-15-3-2-8-21-16(15)11-17(20)23-19/h2-5,8,11-12,14H,6-7,9-10H2,1H3. The topological polar surface area (TPSA) is 76.1 Å². The first-order valence-corrected chi connectivity index (χ1v) is 11.1. The molecular formula is C19H19ClN4O2S. The van der Waals surface area contributed by atoms with Crippen molar-refractivity contribution < 1.29 is 8.42 Å².